The zero-order valence-electron chi connectivity index (χ0n) is 63.6. The van der Waals surface area contributed by atoms with E-state index >= 15 is 0 Å². The van der Waals surface area contributed by atoms with E-state index in [4.69, 9.17) is 19.9 Å². The van der Waals surface area contributed by atoms with Crippen LogP contribution in [0.1, 0.15) is 44.5 Å². The molecule has 0 bridgehead atoms. The molecule has 8 heteroatoms. The lowest BCUT2D eigenvalue weighted by Gasteiger charge is -2.35. The summed E-state index contributed by atoms with van der Waals surface area (Å²) in [5, 5.41) is 5.29. The second-order valence-corrected chi connectivity index (χ2v) is 33.1. The summed E-state index contributed by atoms with van der Waals surface area (Å²) in [5.74, 6) is 1.37. The average Bonchev–Trinajstić information content (AvgIpc) is 1.48. The van der Waals surface area contributed by atoms with Gasteiger partial charge in [0.05, 0.1) is 33.6 Å². The van der Waals surface area contributed by atoms with E-state index in [1.807, 2.05) is 59.5 Å². The van der Waals surface area contributed by atoms with Crippen LogP contribution in [0, 0.1) is 0 Å². The van der Waals surface area contributed by atoms with E-state index in [9.17, 15) is 0 Å². The molecule has 2 atom stereocenters. The van der Waals surface area contributed by atoms with Gasteiger partial charge in [0.2, 0.25) is 0 Å². The zero-order valence-corrected chi connectivity index (χ0v) is 65.2. The summed E-state index contributed by atoms with van der Waals surface area (Å²) in [6.45, 7) is 0. The van der Waals surface area contributed by atoms with Crippen molar-refractivity contribution in [2.45, 2.75) is 10.8 Å². The first-order valence-corrected chi connectivity index (χ1v) is 41.7. The third-order valence-electron chi connectivity index (χ3n) is 24.9. The molecule has 2 spiro atoms. The van der Waals surface area contributed by atoms with E-state index in [0.29, 0.717) is 11.6 Å². The second-order valence-electron chi connectivity index (χ2n) is 30.9. The molecule has 21 aromatic rings. The summed E-state index contributed by atoms with van der Waals surface area (Å²) in [7, 11) is 0. The Morgan fingerprint density at radius 3 is 0.941 bits per heavy atom. The standard InChI is InChI=1S/C58H35N3S.C52H31N3S/c1-2-13-37(14-3-1)51-34-52(38-26-24-36(25-27-38)40-15-12-32-59-35-40)61-57(60-51)39-28-29-44-42-17-5-4-16-41(42)43-18-6-9-21-47(43)58(50(44)33-39)48-22-10-7-19-45(48)55-49(58)30-31-54-56(55)46-20-8-11-23-53(46)62-54;1-2-13-32(14-3-1)45-30-46(34-15-12-28-53-31-34)55-51(54-45)33-24-25-38-36-17-5-4-16-35(36)37-18-6-9-21-41(37)52(44(38)29-33)42-22-10-7-19-39(42)49-43(52)26-27-48-50(49)40-20-8-11-23-47(40)56-48/h1-35H;1-31H. The molecular formula is C110H66N6S2. The Kier molecular flexibility index (Phi) is 15.4. The van der Waals surface area contributed by atoms with Crippen LogP contribution in [0.25, 0.3) is 186 Å². The zero-order chi connectivity index (χ0) is 77.6. The molecule has 15 aromatic carbocycles. The van der Waals surface area contributed by atoms with Crippen molar-refractivity contribution in [2.24, 2.45) is 0 Å². The molecule has 0 amide bonds. The van der Waals surface area contributed by atoms with Crippen LogP contribution < -0.4 is 0 Å². The van der Waals surface area contributed by atoms with Gasteiger partial charge in [0, 0.05) is 98.5 Å². The summed E-state index contributed by atoms with van der Waals surface area (Å²) < 4.78 is 5.24. The largest absolute Gasteiger partial charge is 0.264 e. The summed E-state index contributed by atoms with van der Waals surface area (Å²) in [4.78, 5) is 30.2. The van der Waals surface area contributed by atoms with Crippen LogP contribution in [0.5, 0.6) is 0 Å². The molecule has 0 radical (unpaired) electrons. The lowest BCUT2D eigenvalue weighted by atomic mass is 9.65. The van der Waals surface area contributed by atoms with Crippen molar-refractivity contribution < 1.29 is 0 Å². The van der Waals surface area contributed by atoms with Gasteiger partial charge in [0.25, 0.3) is 0 Å². The SMILES string of the molecule is c1ccc(-c2cc(-c3ccc(-c4cccnc4)cc3)nc(-c3ccc4c(c3)C3(c5ccccc5-c5ccccc5-4)c4ccccc4-c4c3ccc3sc5ccccc5c43)n2)cc1.c1ccc(-c2cc(-c3cccnc3)nc(-c3ccc4c(c3)C3(c5ccccc5-c5ccccc5-4)c4ccccc4-c4c3ccc3sc5ccccc5c43)n2)cc1. The molecule has 118 heavy (non-hydrogen) atoms. The van der Waals surface area contributed by atoms with Crippen molar-refractivity contribution in [2.75, 3.05) is 0 Å². The minimum absolute atomic E-state index is 0.632. The molecule has 0 fully saturated rings. The first-order valence-electron chi connectivity index (χ1n) is 40.1. The van der Waals surface area contributed by atoms with E-state index in [-0.39, 0.29) is 0 Å². The maximum Gasteiger partial charge on any atom is 0.160 e. The van der Waals surface area contributed by atoms with Gasteiger partial charge in [-0.2, -0.15) is 0 Å². The first kappa shape index (κ1) is 67.7. The highest BCUT2D eigenvalue weighted by atomic mass is 32.1. The van der Waals surface area contributed by atoms with Gasteiger partial charge in [-0.05, 0) is 189 Å². The van der Waals surface area contributed by atoms with E-state index in [1.54, 1.807) is 6.20 Å². The van der Waals surface area contributed by atoms with Crippen LogP contribution in [0.15, 0.2) is 401 Å². The third kappa shape index (κ3) is 10.2. The topological polar surface area (TPSA) is 77.3 Å². The minimum atomic E-state index is -0.647. The number of pyridine rings is 2. The Morgan fingerprint density at radius 1 is 0.195 bits per heavy atom. The van der Waals surface area contributed by atoms with Gasteiger partial charge in [-0.15, -0.1) is 22.7 Å². The molecular weight excluding hydrogens is 1470 g/mol. The maximum absolute atomic E-state index is 5.41. The van der Waals surface area contributed by atoms with Gasteiger partial charge in [-0.1, -0.05) is 309 Å². The van der Waals surface area contributed by atoms with Crippen molar-refractivity contribution in [1.29, 1.82) is 0 Å². The summed E-state index contributed by atoms with van der Waals surface area (Å²) in [6.07, 6.45) is 7.39. The van der Waals surface area contributed by atoms with Gasteiger partial charge >= 0.3 is 0 Å². The van der Waals surface area contributed by atoms with E-state index in [1.165, 1.54) is 152 Å². The second kappa shape index (κ2) is 26.9. The van der Waals surface area contributed by atoms with Crippen LogP contribution in [-0.2, 0) is 10.8 Å². The summed E-state index contributed by atoms with van der Waals surface area (Å²) in [5.41, 5.74) is 35.7. The molecule has 0 N–H and O–H groups in total. The summed E-state index contributed by atoms with van der Waals surface area (Å²) >= 11 is 3.76. The number of fused-ring (bicyclic) bond motifs is 32. The monoisotopic (exact) mass is 1530 g/mol. The molecule has 4 aliphatic carbocycles. The van der Waals surface area contributed by atoms with Crippen LogP contribution in [-0.4, -0.2) is 29.9 Å². The lowest BCUT2D eigenvalue weighted by molar-refractivity contribution is 0.776. The Balaban J connectivity index is 0.000000135. The molecule has 25 rings (SSSR count). The first-order chi connectivity index (χ1) is 58.5. The van der Waals surface area contributed by atoms with Gasteiger partial charge in [-0.25, -0.2) is 19.9 Å². The smallest absolute Gasteiger partial charge is 0.160 e. The number of aromatic nitrogens is 6. The van der Waals surface area contributed by atoms with Crippen LogP contribution in [0.2, 0.25) is 0 Å². The molecule has 4 aliphatic rings. The van der Waals surface area contributed by atoms with E-state index in [0.717, 1.165) is 67.3 Å². The highest BCUT2D eigenvalue weighted by molar-refractivity contribution is 7.26. The van der Waals surface area contributed by atoms with Crippen molar-refractivity contribution in [3.8, 4) is 146 Å². The predicted molar refractivity (Wildman–Crippen MR) is 487 cm³/mol. The highest BCUT2D eigenvalue weighted by Crippen LogP contribution is 2.66. The predicted octanol–water partition coefficient (Wildman–Crippen LogP) is 28.2. The van der Waals surface area contributed by atoms with Gasteiger partial charge < -0.3 is 0 Å². The minimum Gasteiger partial charge on any atom is -0.264 e. The Hall–Kier alpha value is -14.8. The highest BCUT2D eigenvalue weighted by Gasteiger charge is 2.53. The normalized spacial score (nSPS) is 14.7. The van der Waals surface area contributed by atoms with Crippen molar-refractivity contribution >= 4 is 63.0 Å². The molecule has 2 unspecified atom stereocenters. The maximum atomic E-state index is 5.41. The van der Waals surface area contributed by atoms with Crippen molar-refractivity contribution in [1.82, 2.24) is 29.9 Å². The van der Waals surface area contributed by atoms with Crippen LogP contribution in [0.4, 0.5) is 0 Å². The fraction of sp³-hybridized carbons (Fsp3) is 0.0182. The number of hydrogen-bond donors (Lipinski definition) is 0. The molecule has 548 valence electrons. The van der Waals surface area contributed by atoms with Crippen molar-refractivity contribution in [3.63, 3.8) is 0 Å². The number of thiophene rings is 2. The lowest BCUT2D eigenvalue weighted by Crippen LogP contribution is -2.29. The van der Waals surface area contributed by atoms with Crippen LogP contribution >= 0.6 is 22.7 Å². The molecule has 6 aromatic heterocycles. The Morgan fingerprint density at radius 2 is 0.517 bits per heavy atom. The average molecular weight is 1540 g/mol. The Bertz CT molecular complexity index is 7630. The van der Waals surface area contributed by atoms with E-state index < -0.39 is 10.8 Å². The van der Waals surface area contributed by atoms with Gasteiger partial charge in [0.15, 0.2) is 11.6 Å². The number of rotatable bonds is 7. The number of benzene rings is 15. The summed E-state index contributed by atoms with van der Waals surface area (Å²) in [6, 6.07) is 137. The van der Waals surface area contributed by atoms with Crippen molar-refractivity contribution in [3.05, 3.63) is 445 Å². The molecule has 0 aliphatic heterocycles. The van der Waals surface area contributed by atoms with Crippen LogP contribution in [0.3, 0.4) is 0 Å². The Labute approximate surface area is 689 Å². The number of hydrogen-bond acceptors (Lipinski definition) is 8. The van der Waals surface area contributed by atoms with E-state index in [2.05, 4.69) is 368 Å². The molecule has 0 saturated carbocycles. The molecule has 6 heterocycles. The van der Waals surface area contributed by atoms with Gasteiger partial charge in [0.1, 0.15) is 0 Å². The fourth-order valence-electron chi connectivity index (χ4n) is 19.9. The van der Waals surface area contributed by atoms with Gasteiger partial charge in [-0.3, -0.25) is 9.97 Å². The molecule has 6 nitrogen and oxygen atoms in total. The molecule has 0 saturated heterocycles. The quantitative estimate of drug-likeness (QED) is 0.158. The number of nitrogens with zero attached hydrogens (tertiary/aromatic N) is 6. The third-order valence-corrected chi connectivity index (χ3v) is 27.1. The fourth-order valence-corrected chi connectivity index (χ4v) is 22.1.